The molecule has 1 saturated heterocycles. The number of nitrogens with zero attached hydrogens (tertiary/aromatic N) is 3. The summed E-state index contributed by atoms with van der Waals surface area (Å²) in [4.78, 5) is 16.2. The standard InChI is InChI=1S/C23H29N5O5/c1-12-5-7-13(8-6-12)10-32-15-4-2-3-14(15)26-21-17-22(25-11-24-21)28-23(27-17)20-19(31)18(30)16(9-29)33-20/h5-8,11,14-16,18-20,29-31H,2-4,9-10H2,1H3,(H2,24,25,26,27,28). The van der Waals surface area contributed by atoms with E-state index in [-0.39, 0.29) is 12.1 Å². The second kappa shape index (κ2) is 9.32. The molecule has 0 bridgehead atoms. The van der Waals surface area contributed by atoms with Gasteiger partial charge in [-0.1, -0.05) is 29.8 Å². The van der Waals surface area contributed by atoms with Crippen molar-refractivity contribution in [2.24, 2.45) is 0 Å². The Kier molecular flexibility index (Phi) is 6.26. The number of aryl methyl sites for hydroxylation is 1. The molecule has 2 aromatic heterocycles. The molecule has 3 aromatic rings. The zero-order valence-electron chi connectivity index (χ0n) is 18.4. The summed E-state index contributed by atoms with van der Waals surface area (Å²) in [5.41, 5.74) is 3.39. The monoisotopic (exact) mass is 455 g/mol. The molecule has 2 aliphatic rings. The van der Waals surface area contributed by atoms with Crippen LogP contribution >= 0.6 is 0 Å². The molecule has 5 N–H and O–H groups in total. The van der Waals surface area contributed by atoms with Crippen molar-refractivity contribution >= 4 is 17.0 Å². The summed E-state index contributed by atoms with van der Waals surface area (Å²) in [5.74, 6) is 0.927. The SMILES string of the molecule is Cc1ccc(COC2CCCC2Nc2ncnc3nc(C4OC(CO)C(O)C4O)[nH]c23)cc1. The number of benzene rings is 1. The lowest BCUT2D eigenvalue weighted by molar-refractivity contribution is -0.0249. The van der Waals surface area contributed by atoms with E-state index in [1.54, 1.807) is 0 Å². The van der Waals surface area contributed by atoms with Gasteiger partial charge in [0.2, 0.25) is 0 Å². The highest BCUT2D eigenvalue weighted by Crippen LogP contribution is 2.34. The number of rotatable bonds is 7. The molecule has 1 aliphatic carbocycles. The smallest absolute Gasteiger partial charge is 0.183 e. The predicted octanol–water partition coefficient (Wildman–Crippen LogP) is 1.37. The zero-order chi connectivity index (χ0) is 22.9. The number of nitrogens with one attached hydrogen (secondary N) is 2. The first-order valence-corrected chi connectivity index (χ1v) is 11.3. The van der Waals surface area contributed by atoms with Gasteiger partial charge >= 0.3 is 0 Å². The molecule has 10 nitrogen and oxygen atoms in total. The van der Waals surface area contributed by atoms with E-state index in [0.717, 1.165) is 24.8 Å². The van der Waals surface area contributed by atoms with Crippen LogP contribution in [-0.4, -0.2) is 72.3 Å². The molecule has 0 radical (unpaired) electrons. The number of fused-ring (bicyclic) bond motifs is 1. The van der Waals surface area contributed by atoms with Crippen LogP contribution in [0.4, 0.5) is 5.82 Å². The Labute approximate surface area is 191 Å². The summed E-state index contributed by atoms with van der Waals surface area (Å²) in [6, 6.07) is 8.44. The summed E-state index contributed by atoms with van der Waals surface area (Å²) in [6.07, 6.45) is 0.310. The topological polar surface area (TPSA) is 146 Å². The number of hydrogen-bond acceptors (Lipinski definition) is 9. The summed E-state index contributed by atoms with van der Waals surface area (Å²) in [5, 5.41) is 33.2. The number of anilines is 1. The number of aliphatic hydroxyl groups is 3. The van der Waals surface area contributed by atoms with Crippen LogP contribution in [0.2, 0.25) is 0 Å². The van der Waals surface area contributed by atoms with Crippen molar-refractivity contribution in [1.29, 1.82) is 0 Å². The second-order valence-electron chi connectivity index (χ2n) is 8.82. The molecular weight excluding hydrogens is 426 g/mol. The van der Waals surface area contributed by atoms with Crippen molar-refractivity contribution in [3.8, 4) is 0 Å². The highest BCUT2D eigenvalue weighted by Gasteiger charge is 2.44. The van der Waals surface area contributed by atoms with E-state index in [1.807, 2.05) is 0 Å². The summed E-state index contributed by atoms with van der Waals surface area (Å²) in [6.45, 7) is 2.23. The van der Waals surface area contributed by atoms with Gasteiger partial charge in [-0.3, -0.25) is 0 Å². The predicted molar refractivity (Wildman–Crippen MR) is 119 cm³/mol. The van der Waals surface area contributed by atoms with Crippen molar-refractivity contribution in [2.45, 2.75) is 69.4 Å². The van der Waals surface area contributed by atoms with Crippen LogP contribution in [0.15, 0.2) is 30.6 Å². The first-order valence-electron chi connectivity index (χ1n) is 11.3. The largest absolute Gasteiger partial charge is 0.394 e. The third kappa shape index (κ3) is 4.44. The lowest BCUT2D eigenvalue weighted by Gasteiger charge is -2.22. The first-order chi connectivity index (χ1) is 16.0. The van der Waals surface area contributed by atoms with Gasteiger partial charge in [-0.05, 0) is 31.7 Å². The Bertz CT molecular complexity index is 1090. The van der Waals surface area contributed by atoms with E-state index in [9.17, 15) is 15.3 Å². The highest BCUT2D eigenvalue weighted by atomic mass is 16.6. The molecule has 6 atom stereocenters. The maximum Gasteiger partial charge on any atom is 0.183 e. The molecule has 0 amide bonds. The summed E-state index contributed by atoms with van der Waals surface area (Å²) >= 11 is 0. The van der Waals surface area contributed by atoms with Crippen molar-refractivity contribution in [3.63, 3.8) is 0 Å². The van der Waals surface area contributed by atoms with Crippen molar-refractivity contribution < 1.29 is 24.8 Å². The van der Waals surface area contributed by atoms with Gasteiger partial charge < -0.3 is 35.1 Å². The van der Waals surface area contributed by atoms with E-state index < -0.39 is 31.0 Å². The third-order valence-corrected chi connectivity index (χ3v) is 6.48. The number of imidazole rings is 1. The van der Waals surface area contributed by atoms with E-state index in [2.05, 4.69) is 56.4 Å². The minimum atomic E-state index is -1.21. The summed E-state index contributed by atoms with van der Waals surface area (Å²) in [7, 11) is 0. The molecule has 10 heteroatoms. The number of aromatic amines is 1. The fourth-order valence-electron chi connectivity index (χ4n) is 4.57. The molecule has 33 heavy (non-hydrogen) atoms. The minimum Gasteiger partial charge on any atom is -0.394 e. The van der Waals surface area contributed by atoms with Crippen LogP contribution in [0.3, 0.4) is 0 Å². The Morgan fingerprint density at radius 2 is 1.97 bits per heavy atom. The van der Waals surface area contributed by atoms with Crippen LogP contribution in [0.1, 0.15) is 42.3 Å². The Morgan fingerprint density at radius 1 is 1.15 bits per heavy atom. The lowest BCUT2D eigenvalue weighted by Crippen LogP contribution is -2.32. The van der Waals surface area contributed by atoms with E-state index >= 15 is 0 Å². The van der Waals surface area contributed by atoms with Crippen LogP contribution in [-0.2, 0) is 16.1 Å². The Morgan fingerprint density at radius 3 is 2.73 bits per heavy atom. The van der Waals surface area contributed by atoms with Gasteiger partial charge in [0.05, 0.1) is 25.4 Å². The number of aliphatic hydroxyl groups excluding tert-OH is 3. The molecule has 1 aliphatic heterocycles. The van der Waals surface area contributed by atoms with Gasteiger partial charge in [-0.15, -0.1) is 0 Å². The second-order valence-corrected chi connectivity index (χ2v) is 8.82. The molecule has 0 spiro atoms. The van der Waals surface area contributed by atoms with E-state index in [1.165, 1.54) is 11.9 Å². The number of aromatic nitrogens is 4. The zero-order valence-corrected chi connectivity index (χ0v) is 18.4. The van der Waals surface area contributed by atoms with Crippen molar-refractivity contribution in [1.82, 2.24) is 19.9 Å². The molecule has 5 rings (SSSR count). The van der Waals surface area contributed by atoms with Gasteiger partial charge in [-0.2, -0.15) is 0 Å². The number of ether oxygens (including phenoxy) is 2. The number of hydrogen-bond donors (Lipinski definition) is 5. The number of H-pyrrole nitrogens is 1. The van der Waals surface area contributed by atoms with Gasteiger partial charge in [0.25, 0.3) is 0 Å². The minimum absolute atomic E-state index is 0.0548. The molecule has 1 saturated carbocycles. The summed E-state index contributed by atoms with van der Waals surface area (Å²) < 4.78 is 11.8. The van der Waals surface area contributed by atoms with Gasteiger partial charge in [0.15, 0.2) is 11.5 Å². The highest BCUT2D eigenvalue weighted by molar-refractivity contribution is 5.82. The molecule has 1 aromatic carbocycles. The maximum atomic E-state index is 10.3. The average molecular weight is 456 g/mol. The molecule has 6 unspecified atom stereocenters. The fraction of sp³-hybridized carbons (Fsp3) is 0.522. The van der Waals surface area contributed by atoms with Crippen LogP contribution in [0, 0.1) is 6.92 Å². The average Bonchev–Trinajstić information content (AvgIpc) is 3.52. The lowest BCUT2D eigenvalue weighted by atomic mass is 10.1. The molecular formula is C23H29N5O5. The van der Waals surface area contributed by atoms with Gasteiger partial charge in [-0.25, -0.2) is 15.0 Å². The van der Waals surface area contributed by atoms with Crippen LogP contribution in [0.5, 0.6) is 0 Å². The van der Waals surface area contributed by atoms with Gasteiger partial charge in [0.1, 0.15) is 42.1 Å². The fourth-order valence-corrected chi connectivity index (χ4v) is 4.57. The van der Waals surface area contributed by atoms with Gasteiger partial charge in [0, 0.05) is 0 Å². The quantitative estimate of drug-likeness (QED) is 0.356. The van der Waals surface area contributed by atoms with Crippen LogP contribution < -0.4 is 5.32 Å². The third-order valence-electron chi connectivity index (χ3n) is 6.48. The normalized spacial score (nSPS) is 29.7. The maximum absolute atomic E-state index is 10.3. The Hall–Kier alpha value is -2.63. The molecule has 3 heterocycles. The molecule has 176 valence electrons. The first kappa shape index (κ1) is 22.2. The van der Waals surface area contributed by atoms with E-state index in [4.69, 9.17) is 9.47 Å². The van der Waals surface area contributed by atoms with Crippen molar-refractivity contribution in [2.75, 3.05) is 11.9 Å². The molecule has 2 fully saturated rings. The van der Waals surface area contributed by atoms with E-state index in [0.29, 0.717) is 29.4 Å². The Balaban J connectivity index is 1.31. The van der Waals surface area contributed by atoms with Crippen molar-refractivity contribution in [3.05, 3.63) is 47.5 Å². The van der Waals surface area contributed by atoms with Crippen LogP contribution in [0.25, 0.3) is 11.2 Å².